The Morgan fingerprint density at radius 1 is 1.52 bits per heavy atom. The van der Waals surface area contributed by atoms with Gasteiger partial charge >= 0.3 is 5.97 Å². The number of hydrogen-bond acceptors (Lipinski definition) is 5. The van der Waals surface area contributed by atoms with Gasteiger partial charge in [-0.1, -0.05) is 0 Å². The molecule has 1 aliphatic heterocycles. The maximum atomic E-state index is 10.5. The Morgan fingerprint density at radius 3 is 2.76 bits per heavy atom. The molecule has 0 bridgehead atoms. The lowest BCUT2D eigenvalue weighted by atomic mass is 10.1. The van der Waals surface area contributed by atoms with Gasteiger partial charge in [0.25, 0.3) is 0 Å². The monoisotopic (exact) mass is 292 g/mol. The van der Waals surface area contributed by atoms with Crippen LogP contribution in [0.3, 0.4) is 0 Å². The molecule has 1 aliphatic rings. The van der Waals surface area contributed by atoms with E-state index in [-0.39, 0.29) is 19.1 Å². The summed E-state index contributed by atoms with van der Waals surface area (Å²) in [7, 11) is 1.85. The standard InChI is InChI=1S/C14H20N4O3/c1-10-12(9-15)14(17(2)16-10)18-6-3-11(4-7-18)21-8-5-13(19)20/h11H,3-8H2,1-2H3,(H,19,20). The lowest BCUT2D eigenvalue weighted by Gasteiger charge is -2.33. The number of anilines is 1. The molecule has 0 unspecified atom stereocenters. The Labute approximate surface area is 123 Å². The Bertz CT molecular complexity index is 553. The molecular weight excluding hydrogens is 272 g/mol. The van der Waals surface area contributed by atoms with Crippen molar-refractivity contribution < 1.29 is 14.6 Å². The highest BCUT2D eigenvalue weighted by Crippen LogP contribution is 2.26. The van der Waals surface area contributed by atoms with E-state index in [4.69, 9.17) is 9.84 Å². The fourth-order valence-corrected chi connectivity index (χ4v) is 2.69. The molecule has 1 fully saturated rings. The molecule has 0 saturated carbocycles. The first kappa shape index (κ1) is 15.3. The lowest BCUT2D eigenvalue weighted by molar-refractivity contribution is -0.138. The molecule has 0 radical (unpaired) electrons. The normalized spacial score (nSPS) is 16.0. The van der Waals surface area contributed by atoms with Crippen molar-refractivity contribution in [3.8, 4) is 6.07 Å². The van der Waals surface area contributed by atoms with Gasteiger partial charge in [-0.25, -0.2) is 0 Å². The first-order chi connectivity index (χ1) is 10.0. The molecule has 0 atom stereocenters. The van der Waals surface area contributed by atoms with Crippen LogP contribution in [0.4, 0.5) is 5.82 Å². The highest BCUT2D eigenvalue weighted by atomic mass is 16.5. The number of aryl methyl sites for hydroxylation is 2. The number of nitrogens with zero attached hydrogens (tertiary/aromatic N) is 4. The molecule has 1 saturated heterocycles. The van der Waals surface area contributed by atoms with Crippen LogP contribution in [-0.4, -0.2) is 46.7 Å². The molecule has 2 rings (SSSR count). The Balaban J connectivity index is 1.93. The van der Waals surface area contributed by atoms with Crippen LogP contribution < -0.4 is 4.90 Å². The molecule has 21 heavy (non-hydrogen) atoms. The number of carbonyl (C=O) groups is 1. The number of carboxylic acids is 1. The van der Waals surface area contributed by atoms with Gasteiger partial charge in [-0.3, -0.25) is 9.48 Å². The van der Waals surface area contributed by atoms with Crippen molar-refractivity contribution in [3.05, 3.63) is 11.3 Å². The zero-order chi connectivity index (χ0) is 15.4. The molecule has 1 aromatic rings. The highest BCUT2D eigenvalue weighted by molar-refractivity contribution is 5.66. The number of rotatable bonds is 5. The molecule has 2 heterocycles. The lowest BCUT2D eigenvalue weighted by Crippen LogP contribution is -2.38. The topological polar surface area (TPSA) is 91.4 Å². The maximum Gasteiger partial charge on any atom is 0.305 e. The third-order valence-electron chi connectivity index (χ3n) is 3.71. The summed E-state index contributed by atoms with van der Waals surface area (Å²) >= 11 is 0. The van der Waals surface area contributed by atoms with Crippen molar-refractivity contribution in [2.45, 2.75) is 32.3 Å². The quantitative estimate of drug-likeness (QED) is 0.872. The molecule has 0 aliphatic carbocycles. The van der Waals surface area contributed by atoms with Crippen molar-refractivity contribution in [1.29, 1.82) is 5.26 Å². The summed E-state index contributed by atoms with van der Waals surface area (Å²) in [4.78, 5) is 12.6. The zero-order valence-corrected chi connectivity index (χ0v) is 12.4. The van der Waals surface area contributed by atoms with Crippen LogP contribution in [0, 0.1) is 18.3 Å². The second-order valence-electron chi connectivity index (χ2n) is 5.22. The third-order valence-corrected chi connectivity index (χ3v) is 3.71. The van der Waals surface area contributed by atoms with E-state index >= 15 is 0 Å². The highest BCUT2D eigenvalue weighted by Gasteiger charge is 2.25. The molecule has 7 heteroatoms. The van der Waals surface area contributed by atoms with Crippen LogP contribution in [0.25, 0.3) is 0 Å². The largest absolute Gasteiger partial charge is 0.481 e. The maximum absolute atomic E-state index is 10.5. The second-order valence-corrected chi connectivity index (χ2v) is 5.22. The predicted molar refractivity (Wildman–Crippen MR) is 76.1 cm³/mol. The average molecular weight is 292 g/mol. The predicted octanol–water partition coefficient (Wildman–Crippen LogP) is 1.06. The molecule has 0 aromatic carbocycles. The van der Waals surface area contributed by atoms with Gasteiger partial charge in [-0.2, -0.15) is 10.4 Å². The summed E-state index contributed by atoms with van der Waals surface area (Å²) in [6.45, 7) is 3.66. The molecule has 0 amide bonds. The van der Waals surface area contributed by atoms with E-state index in [0.29, 0.717) is 5.56 Å². The van der Waals surface area contributed by atoms with E-state index < -0.39 is 5.97 Å². The molecule has 1 aromatic heterocycles. The van der Waals surface area contributed by atoms with Crippen LogP contribution in [0.2, 0.25) is 0 Å². The van der Waals surface area contributed by atoms with Crippen LogP contribution in [0.1, 0.15) is 30.5 Å². The smallest absolute Gasteiger partial charge is 0.305 e. The van der Waals surface area contributed by atoms with Crippen LogP contribution >= 0.6 is 0 Å². The molecule has 7 nitrogen and oxygen atoms in total. The van der Waals surface area contributed by atoms with E-state index in [9.17, 15) is 10.1 Å². The minimum atomic E-state index is -0.837. The summed E-state index contributed by atoms with van der Waals surface area (Å²) in [6.07, 6.45) is 1.80. The van der Waals surface area contributed by atoms with E-state index in [0.717, 1.165) is 37.4 Å². The van der Waals surface area contributed by atoms with Gasteiger partial charge < -0.3 is 14.7 Å². The average Bonchev–Trinajstić information content (AvgIpc) is 2.73. The molecule has 0 spiro atoms. The third kappa shape index (κ3) is 3.52. The Hall–Kier alpha value is -2.07. The number of carboxylic acid groups (broad SMARTS) is 1. The number of aromatic nitrogens is 2. The van der Waals surface area contributed by atoms with Crippen LogP contribution in [0.15, 0.2) is 0 Å². The second kappa shape index (κ2) is 6.59. The summed E-state index contributed by atoms with van der Waals surface area (Å²) in [5.74, 6) is 0.0236. The first-order valence-corrected chi connectivity index (χ1v) is 7.05. The number of hydrogen-bond donors (Lipinski definition) is 1. The fraction of sp³-hybridized carbons (Fsp3) is 0.643. The van der Waals surface area contributed by atoms with Gasteiger partial charge in [0.05, 0.1) is 24.8 Å². The minimum Gasteiger partial charge on any atom is -0.481 e. The zero-order valence-electron chi connectivity index (χ0n) is 12.4. The van der Waals surface area contributed by atoms with Crippen molar-refractivity contribution in [1.82, 2.24) is 9.78 Å². The van der Waals surface area contributed by atoms with E-state index in [1.54, 1.807) is 4.68 Å². The summed E-state index contributed by atoms with van der Waals surface area (Å²) < 4.78 is 7.32. The minimum absolute atomic E-state index is 0.0414. The van der Waals surface area contributed by atoms with E-state index in [1.807, 2.05) is 14.0 Å². The first-order valence-electron chi connectivity index (χ1n) is 7.05. The summed E-state index contributed by atoms with van der Waals surface area (Å²) in [5, 5.41) is 22.1. The van der Waals surface area contributed by atoms with Gasteiger partial charge in [-0.15, -0.1) is 0 Å². The van der Waals surface area contributed by atoms with Crippen molar-refractivity contribution in [2.24, 2.45) is 7.05 Å². The van der Waals surface area contributed by atoms with Crippen molar-refractivity contribution >= 4 is 11.8 Å². The summed E-state index contributed by atoms with van der Waals surface area (Å²) in [5.41, 5.74) is 1.37. The Kier molecular flexibility index (Phi) is 4.81. The van der Waals surface area contributed by atoms with Gasteiger partial charge in [0.1, 0.15) is 17.5 Å². The van der Waals surface area contributed by atoms with Gasteiger partial charge in [0, 0.05) is 20.1 Å². The van der Waals surface area contributed by atoms with Crippen LogP contribution in [-0.2, 0) is 16.6 Å². The fourth-order valence-electron chi connectivity index (χ4n) is 2.69. The molecule has 114 valence electrons. The van der Waals surface area contributed by atoms with Crippen LogP contribution in [0.5, 0.6) is 0 Å². The molecule has 1 N–H and O–H groups in total. The summed E-state index contributed by atoms with van der Waals surface area (Å²) in [6, 6.07) is 2.22. The SMILES string of the molecule is Cc1nn(C)c(N2CCC(OCCC(=O)O)CC2)c1C#N. The number of piperidine rings is 1. The van der Waals surface area contributed by atoms with Gasteiger partial charge in [0.15, 0.2) is 0 Å². The number of nitriles is 1. The van der Waals surface area contributed by atoms with Crippen molar-refractivity contribution in [3.63, 3.8) is 0 Å². The van der Waals surface area contributed by atoms with E-state index in [1.165, 1.54) is 0 Å². The van der Waals surface area contributed by atoms with Gasteiger partial charge in [-0.05, 0) is 19.8 Å². The Morgan fingerprint density at radius 2 is 2.19 bits per heavy atom. The van der Waals surface area contributed by atoms with Crippen molar-refractivity contribution in [2.75, 3.05) is 24.6 Å². The van der Waals surface area contributed by atoms with Gasteiger partial charge in [0.2, 0.25) is 0 Å². The number of ether oxygens (including phenoxy) is 1. The number of aliphatic carboxylic acids is 1. The van der Waals surface area contributed by atoms with E-state index in [2.05, 4.69) is 16.1 Å². The molecular formula is C14H20N4O3.